The van der Waals surface area contributed by atoms with Crippen molar-refractivity contribution in [3.05, 3.63) is 23.3 Å². The summed E-state index contributed by atoms with van der Waals surface area (Å²) in [5.74, 6) is -0.0208. The fourth-order valence-corrected chi connectivity index (χ4v) is 0.806. The topological polar surface area (TPSA) is 70.0 Å². The van der Waals surface area contributed by atoms with Gasteiger partial charge in [-0.1, -0.05) is 0 Å². The number of phenolic OH excluding ortho intramolecular Hbond substituents is 1. The van der Waals surface area contributed by atoms with Gasteiger partial charge in [-0.05, 0) is 19.1 Å². The smallest absolute Gasteiger partial charge is 0.138 e. The van der Waals surface area contributed by atoms with Crippen molar-refractivity contribution in [1.29, 1.82) is 5.26 Å². The third-order valence-electron chi connectivity index (χ3n) is 1.59. The molecular formula is C8H8N2O. The molecular weight excluding hydrogens is 140 g/mol. The Labute approximate surface area is 64.7 Å². The number of nitrogen functional groups attached to an aromatic ring is 1. The molecule has 0 heterocycles. The number of nitrogens with zero attached hydrogens (tertiary/aromatic N) is 1. The molecule has 0 amide bonds. The van der Waals surface area contributed by atoms with E-state index in [1.54, 1.807) is 13.0 Å². The molecule has 3 N–H and O–H groups in total. The van der Waals surface area contributed by atoms with Crippen LogP contribution in [0.1, 0.15) is 11.1 Å². The number of phenols is 1. The molecule has 0 aliphatic heterocycles. The van der Waals surface area contributed by atoms with E-state index in [1.165, 1.54) is 6.07 Å². The van der Waals surface area contributed by atoms with Crippen LogP contribution < -0.4 is 5.73 Å². The molecule has 11 heavy (non-hydrogen) atoms. The Morgan fingerprint density at radius 1 is 1.55 bits per heavy atom. The average Bonchev–Trinajstić information content (AvgIpc) is 2.01. The quantitative estimate of drug-likeness (QED) is 0.542. The van der Waals surface area contributed by atoms with Gasteiger partial charge in [-0.25, -0.2) is 0 Å². The van der Waals surface area contributed by atoms with Crippen LogP contribution in [-0.2, 0) is 0 Å². The highest BCUT2D eigenvalue weighted by Crippen LogP contribution is 2.25. The van der Waals surface area contributed by atoms with Crippen LogP contribution in [0.3, 0.4) is 0 Å². The maximum atomic E-state index is 9.28. The maximum absolute atomic E-state index is 9.28. The number of nitriles is 1. The molecule has 0 aromatic heterocycles. The summed E-state index contributed by atoms with van der Waals surface area (Å²) in [6, 6.07) is 4.96. The molecule has 0 bridgehead atoms. The Balaban J connectivity index is 3.40. The third-order valence-corrected chi connectivity index (χ3v) is 1.59. The molecule has 1 aromatic rings. The van der Waals surface area contributed by atoms with Crippen LogP contribution in [0.25, 0.3) is 0 Å². The van der Waals surface area contributed by atoms with Crippen molar-refractivity contribution < 1.29 is 5.11 Å². The number of hydrogen-bond donors (Lipinski definition) is 2. The highest BCUT2D eigenvalue weighted by molar-refractivity contribution is 5.59. The fraction of sp³-hybridized carbons (Fsp3) is 0.125. The van der Waals surface area contributed by atoms with E-state index in [2.05, 4.69) is 0 Å². The lowest BCUT2D eigenvalue weighted by molar-refractivity contribution is 0.470. The standard InChI is InChI=1S/C8H8N2O/c1-5-7(10)3-2-6(4-9)8(5)11/h2-3,11H,10H2,1H3. The van der Waals surface area contributed by atoms with E-state index in [9.17, 15) is 5.11 Å². The first-order valence-electron chi connectivity index (χ1n) is 3.15. The summed E-state index contributed by atoms with van der Waals surface area (Å²) in [7, 11) is 0. The predicted octanol–water partition coefficient (Wildman–Crippen LogP) is 1.15. The number of aromatic hydroxyl groups is 1. The van der Waals surface area contributed by atoms with E-state index in [4.69, 9.17) is 11.0 Å². The summed E-state index contributed by atoms with van der Waals surface area (Å²) >= 11 is 0. The van der Waals surface area contributed by atoms with Gasteiger partial charge in [0.25, 0.3) is 0 Å². The van der Waals surface area contributed by atoms with E-state index in [1.807, 2.05) is 6.07 Å². The van der Waals surface area contributed by atoms with Gasteiger partial charge in [-0.2, -0.15) is 5.26 Å². The highest BCUT2D eigenvalue weighted by Gasteiger charge is 2.04. The van der Waals surface area contributed by atoms with E-state index in [0.717, 1.165) is 0 Å². The number of nitrogens with two attached hydrogens (primary N) is 1. The number of anilines is 1. The van der Waals surface area contributed by atoms with Crippen LogP contribution in [0.5, 0.6) is 5.75 Å². The largest absolute Gasteiger partial charge is 0.506 e. The molecule has 1 aromatic carbocycles. The lowest BCUT2D eigenvalue weighted by Crippen LogP contribution is -1.90. The summed E-state index contributed by atoms with van der Waals surface area (Å²) in [5.41, 5.74) is 6.80. The van der Waals surface area contributed by atoms with Gasteiger partial charge >= 0.3 is 0 Å². The molecule has 1 rings (SSSR count). The first kappa shape index (κ1) is 7.42. The maximum Gasteiger partial charge on any atom is 0.138 e. The minimum absolute atomic E-state index is 0.0208. The molecule has 0 unspecified atom stereocenters. The summed E-state index contributed by atoms with van der Waals surface area (Å²) in [4.78, 5) is 0. The first-order chi connectivity index (χ1) is 5.16. The zero-order valence-corrected chi connectivity index (χ0v) is 6.13. The molecule has 0 radical (unpaired) electrons. The van der Waals surface area contributed by atoms with Crippen molar-refractivity contribution in [2.24, 2.45) is 0 Å². The highest BCUT2D eigenvalue weighted by atomic mass is 16.3. The van der Waals surface area contributed by atoms with Gasteiger partial charge in [0, 0.05) is 11.3 Å². The van der Waals surface area contributed by atoms with Gasteiger partial charge in [-0.15, -0.1) is 0 Å². The van der Waals surface area contributed by atoms with Crippen LogP contribution in [-0.4, -0.2) is 5.11 Å². The van der Waals surface area contributed by atoms with Gasteiger partial charge in [0.2, 0.25) is 0 Å². The monoisotopic (exact) mass is 148 g/mol. The first-order valence-corrected chi connectivity index (χ1v) is 3.15. The van der Waals surface area contributed by atoms with Gasteiger partial charge in [0.05, 0.1) is 5.56 Å². The molecule has 0 aliphatic rings. The van der Waals surface area contributed by atoms with E-state index in [0.29, 0.717) is 11.3 Å². The zero-order chi connectivity index (χ0) is 8.43. The minimum atomic E-state index is -0.0208. The molecule has 3 nitrogen and oxygen atoms in total. The SMILES string of the molecule is Cc1c(N)ccc(C#N)c1O. The molecule has 56 valence electrons. The van der Waals surface area contributed by atoms with Gasteiger partial charge < -0.3 is 10.8 Å². The second kappa shape index (κ2) is 2.51. The van der Waals surface area contributed by atoms with Crippen LogP contribution in [0.4, 0.5) is 5.69 Å². The Bertz CT molecular complexity index is 326. The Kier molecular flexibility index (Phi) is 1.69. The third kappa shape index (κ3) is 1.10. The molecule has 0 saturated carbocycles. The fourth-order valence-electron chi connectivity index (χ4n) is 0.806. The van der Waals surface area contributed by atoms with E-state index >= 15 is 0 Å². The van der Waals surface area contributed by atoms with E-state index in [-0.39, 0.29) is 11.3 Å². The Morgan fingerprint density at radius 2 is 2.18 bits per heavy atom. The molecule has 0 aliphatic carbocycles. The van der Waals surface area contributed by atoms with Crippen LogP contribution >= 0.6 is 0 Å². The summed E-state index contributed by atoms with van der Waals surface area (Å²) in [6.07, 6.45) is 0. The molecule has 0 spiro atoms. The van der Waals surface area contributed by atoms with Crippen LogP contribution in [0.15, 0.2) is 12.1 Å². The van der Waals surface area contributed by atoms with Gasteiger partial charge in [0.1, 0.15) is 11.8 Å². The summed E-state index contributed by atoms with van der Waals surface area (Å²) in [6.45, 7) is 1.67. The number of rotatable bonds is 0. The Morgan fingerprint density at radius 3 is 2.73 bits per heavy atom. The molecule has 0 fully saturated rings. The molecule has 0 atom stereocenters. The molecule has 0 saturated heterocycles. The minimum Gasteiger partial charge on any atom is -0.506 e. The lowest BCUT2D eigenvalue weighted by atomic mass is 10.1. The lowest BCUT2D eigenvalue weighted by Gasteiger charge is -2.02. The number of hydrogen-bond acceptors (Lipinski definition) is 3. The van der Waals surface area contributed by atoms with Crippen molar-refractivity contribution in [2.75, 3.05) is 5.73 Å². The van der Waals surface area contributed by atoms with Crippen molar-refractivity contribution in [2.45, 2.75) is 6.92 Å². The summed E-state index contributed by atoms with van der Waals surface area (Å²) < 4.78 is 0. The second-order valence-corrected chi connectivity index (χ2v) is 2.29. The number of benzene rings is 1. The normalized spacial score (nSPS) is 9.09. The second-order valence-electron chi connectivity index (χ2n) is 2.29. The van der Waals surface area contributed by atoms with Crippen molar-refractivity contribution in [1.82, 2.24) is 0 Å². The van der Waals surface area contributed by atoms with Crippen molar-refractivity contribution >= 4 is 5.69 Å². The van der Waals surface area contributed by atoms with Crippen molar-refractivity contribution in [3.8, 4) is 11.8 Å². The Hall–Kier alpha value is -1.69. The predicted molar refractivity (Wildman–Crippen MR) is 42.0 cm³/mol. The average molecular weight is 148 g/mol. The van der Waals surface area contributed by atoms with Crippen LogP contribution in [0, 0.1) is 18.3 Å². The molecule has 3 heteroatoms. The van der Waals surface area contributed by atoms with Crippen molar-refractivity contribution in [3.63, 3.8) is 0 Å². The summed E-state index contributed by atoms with van der Waals surface area (Å²) in [5, 5.41) is 17.8. The van der Waals surface area contributed by atoms with Gasteiger partial charge in [0.15, 0.2) is 0 Å². The van der Waals surface area contributed by atoms with E-state index < -0.39 is 0 Å². The zero-order valence-electron chi connectivity index (χ0n) is 6.13. The van der Waals surface area contributed by atoms with Crippen LogP contribution in [0.2, 0.25) is 0 Å². The van der Waals surface area contributed by atoms with Gasteiger partial charge in [-0.3, -0.25) is 0 Å².